The fourth-order valence-corrected chi connectivity index (χ4v) is 1.81. The molecule has 0 fully saturated rings. The van der Waals surface area contributed by atoms with Gasteiger partial charge in [-0.1, -0.05) is 0 Å². The van der Waals surface area contributed by atoms with Crippen molar-refractivity contribution in [2.24, 2.45) is 0 Å². The lowest BCUT2D eigenvalue weighted by Crippen LogP contribution is -2.46. The number of nitrogens with zero attached hydrogens (tertiary/aromatic N) is 2. The minimum atomic E-state index is -0.963. The molecule has 6 heteroatoms. The highest BCUT2D eigenvalue weighted by molar-refractivity contribution is 5.94. The molecule has 1 heterocycles. The van der Waals surface area contributed by atoms with Crippen molar-refractivity contribution in [1.82, 2.24) is 9.80 Å². The minimum Gasteiger partial charge on any atom is -0.459 e. The number of carbonyl (C=O) groups is 2. The third kappa shape index (κ3) is 4.70. The summed E-state index contributed by atoms with van der Waals surface area (Å²) in [5.74, 6) is -0.356. The molecule has 0 aliphatic heterocycles. The Morgan fingerprint density at radius 2 is 2.05 bits per heavy atom. The van der Waals surface area contributed by atoms with Crippen molar-refractivity contribution < 1.29 is 19.1 Å². The van der Waals surface area contributed by atoms with Gasteiger partial charge in [-0.15, -0.1) is 0 Å². The first-order valence-electron chi connectivity index (χ1n) is 6.53. The van der Waals surface area contributed by atoms with Gasteiger partial charge in [0.1, 0.15) is 0 Å². The van der Waals surface area contributed by atoms with E-state index in [9.17, 15) is 14.7 Å². The van der Waals surface area contributed by atoms with E-state index in [1.165, 1.54) is 16.1 Å². The molecule has 6 nitrogen and oxygen atoms in total. The number of hydrogen-bond donors (Lipinski definition) is 1. The predicted octanol–water partition coefficient (Wildman–Crippen LogP) is 0.971. The zero-order valence-electron chi connectivity index (χ0n) is 12.4. The van der Waals surface area contributed by atoms with Crippen molar-refractivity contribution in [3.05, 3.63) is 24.2 Å². The molecule has 0 unspecified atom stereocenters. The Hall–Kier alpha value is -1.82. The van der Waals surface area contributed by atoms with Crippen LogP contribution in [0.2, 0.25) is 0 Å². The van der Waals surface area contributed by atoms with Crippen LogP contribution in [0.15, 0.2) is 22.8 Å². The molecule has 1 aromatic heterocycles. The van der Waals surface area contributed by atoms with Gasteiger partial charge >= 0.3 is 0 Å². The van der Waals surface area contributed by atoms with Crippen LogP contribution in [-0.2, 0) is 4.79 Å². The quantitative estimate of drug-likeness (QED) is 0.843. The Morgan fingerprint density at radius 3 is 2.50 bits per heavy atom. The summed E-state index contributed by atoms with van der Waals surface area (Å²) in [6, 6.07) is 3.17. The van der Waals surface area contributed by atoms with Gasteiger partial charge in [0, 0.05) is 20.1 Å². The highest BCUT2D eigenvalue weighted by Crippen LogP contribution is 2.07. The maximum Gasteiger partial charge on any atom is 0.289 e. The number of furan rings is 1. The van der Waals surface area contributed by atoms with E-state index in [1.54, 1.807) is 33.0 Å². The number of rotatable bonds is 6. The number of likely N-dealkylation sites (N-methyl/N-ethyl adjacent to an activating group) is 2. The summed E-state index contributed by atoms with van der Waals surface area (Å²) in [7, 11) is 1.54. The monoisotopic (exact) mass is 282 g/mol. The van der Waals surface area contributed by atoms with Crippen molar-refractivity contribution >= 4 is 11.8 Å². The smallest absolute Gasteiger partial charge is 0.289 e. The zero-order chi connectivity index (χ0) is 15.3. The molecule has 1 N–H and O–H groups in total. The van der Waals surface area contributed by atoms with E-state index in [0.29, 0.717) is 6.54 Å². The number of aliphatic hydroxyl groups is 1. The highest BCUT2D eigenvalue weighted by Gasteiger charge is 2.24. The van der Waals surface area contributed by atoms with Crippen LogP contribution in [-0.4, -0.2) is 59.0 Å². The summed E-state index contributed by atoms with van der Waals surface area (Å²) in [5, 5.41) is 9.77. The van der Waals surface area contributed by atoms with Crippen LogP contribution >= 0.6 is 0 Å². The maximum atomic E-state index is 12.1. The van der Waals surface area contributed by atoms with Crippen LogP contribution in [0.25, 0.3) is 0 Å². The third-order valence-electron chi connectivity index (χ3n) is 2.76. The molecule has 0 bridgehead atoms. The standard InChI is InChI=1S/C14H22N2O4/c1-5-16(10-14(2,3)19)12(17)9-15(4)13(18)11-7-6-8-20-11/h6-8,19H,5,9-10H2,1-4H3. The molecular formula is C14H22N2O4. The van der Waals surface area contributed by atoms with Gasteiger partial charge in [-0.2, -0.15) is 0 Å². The Balaban J connectivity index is 2.62. The predicted molar refractivity (Wildman–Crippen MR) is 74.2 cm³/mol. The average Bonchev–Trinajstić information content (AvgIpc) is 2.87. The Kier molecular flexibility index (Phi) is 5.33. The molecule has 0 saturated carbocycles. The van der Waals surface area contributed by atoms with Crippen LogP contribution < -0.4 is 0 Å². The second-order valence-electron chi connectivity index (χ2n) is 5.36. The van der Waals surface area contributed by atoms with Crippen LogP contribution in [0, 0.1) is 0 Å². The fourth-order valence-electron chi connectivity index (χ4n) is 1.81. The number of carbonyl (C=O) groups excluding carboxylic acids is 2. The largest absolute Gasteiger partial charge is 0.459 e. The summed E-state index contributed by atoms with van der Waals surface area (Å²) in [6.07, 6.45) is 1.41. The van der Waals surface area contributed by atoms with Crippen molar-refractivity contribution in [3.63, 3.8) is 0 Å². The molecule has 0 spiro atoms. The molecule has 0 aliphatic carbocycles. The van der Waals surface area contributed by atoms with E-state index in [1.807, 2.05) is 6.92 Å². The summed E-state index contributed by atoms with van der Waals surface area (Å²) in [5.41, 5.74) is -0.963. The van der Waals surface area contributed by atoms with E-state index >= 15 is 0 Å². The molecule has 0 atom stereocenters. The molecule has 1 aromatic rings. The van der Waals surface area contributed by atoms with Crippen molar-refractivity contribution in [2.75, 3.05) is 26.7 Å². The van der Waals surface area contributed by atoms with Crippen LogP contribution in [0.1, 0.15) is 31.3 Å². The van der Waals surface area contributed by atoms with Gasteiger partial charge in [-0.05, 0) is 32.9 Å². The van der Waals surface area contributed by atoms with E-state index in [4.69, 9.17) is 4.42 Å². The zero-order valence-corrected chi connectivity index (χ0v) is 12.4. The highest BCUT2D eigenvalue weighted by atomic mass is 16.3. The molecule has 2 amide bonds. The molecule has 0 saturated heterocycles. The molecule has 112 valence electrons. The summed E-state index contributed by atoms with van der Waals surface area (Å²) >= 11 is 0. The lowest BCUT2D eigenvalue weighted by Gasteiger charge is -2.29. The molecule has 0 aromatic carbocycles. The third-order valence-corrected chi connectivity index (χ3v) is 2.76. The molecular weight excluding hydrogens is 260 g/mol. The summed E-state index contributed by atoms with van der Waals surface area (Å²) in [4.78, 5) is 26.9. The molecule has 0 radical (unpaired) electrons. The van der Waals surface area contributed by atoms with E-state index < -0.39 is 5.60 Å². The summed E-state index contributed by atoms with van der Waals surface area (Å²) < 4.78 is 5.01. The van der Waals surface area contributed by atoms with Crippen LogP contribution in [0.4, 0.5) is 0 Å². The first kappa shape index (κ1) is 16.2. The Bertz CT molecular complexity index is 448. The van der Waals surface area contributed by atoms with Gasteiger partial charge in [0.05, 0.1) is 18.4 Å². The minimum absolute atomic E-state index is 0.0521. The summed E-state index contributed by atoms with van der Waals surface area (Å²) in [6.45, 7) is 5.76. The normalized spacial score (nSPS) is 11.2. The SMILES string of the molecule is CCN(CC(C)(C)O)C(=O)CN(C)C(=O)c1ccco1. The van der Waals surface area contributed by atoms with E-state index in [0.717, 1.165) is 0 Å². The molecule has 0 aliphatic rings. The van der Waals surface area contributed by atoms with Crippen molar-refractivity contribution in [3.8, 4) is 0 Å². The Labute approximate surface area is 119 Å². The van der Waals surface area contributed by atoms with Gasteiger partial charge in [-0.3, -0.25) is 9.59 Å². The molecule has 20 heavy (non-hydrogen) atoms. The van der Waals surface area contributed by atoms with Gasteiger partial charge in [-0.25, -0.2) is 0 Å². The second-order valence-corrected chi connectivity index (χ2v) is 5.36. The van der Waals surface area contributed by atoms with E-state index in [-0.39, 0.29) is 30.7 Å². The Morgan fingerprint density at radius 1 is 1.40 bits per heavy atom. The maximum absolute atomic E-state index is 12.1. The van der Waals surface area contributed by atoms with Gasteiger partial charge < -0.3 is 19.3 Å². The lowest BCUT2D eigenvalue weighted by molar-refractivity contribution is -0.134. The van der Waals surface area contributed by atoms with Crippen molar-refractivity contribution in [1.29, 1.82) is 0 Å². The lowest BCUT2D eigenvalue weighted by atomic mass is 10.1. The second kappa shape index (κ2) is 6.56. The fraction of sp³-hybridized carbons (Fsp3) is 0.571. The van der Waals surface area contributed by atoms with Crippen molar-refractivity contribution in [2.45, 2.75) is 26.4 Å². The number of hydrogen-bond acceptors (Lipinski definition) is 4. The first-order chi connectivity index (χ1) is 9.24. The van der Waals surface area contributed by atoms with Gasteiger partial charge in [0.15, 0.2) is 5.76 Å². The topological polar surface area (TPSA) is 74.0 Å². The van der Waals surface area contributed by atoms with Gasteiger partial charge in [0.2, 0.25) is 5.91 Å². The average molecular weight is 282 g/mol. The van der Waals surface area contributed by atoms with Gasteiger partial charge in [0.25, 0.3) is 5.91 Å². The number of amides is 2. The molecule has 1 rings (SSSR count). The van der Waals surface area contributed by atoms with Crippen LogP contribution in [0.5, 0.6) is 0 Å². The first-order valence-corrected chi connectivity index (χ1v) is 6.53. The van der Waals surface area contributed by atoms with E-state index in [2.05, 4.69) is 0 Å². The van der Waals surface area contributed by atoms with Crippen LogP contribution in [0.3, 0.4) is 0 Å².